The molecule has 0 amide bonds. The fraction of sp³-hybridized carbons (Fsp3) is 0.250. The van der Waals surface area contributed by atoms with E-state index < -0.39 is 5.97 Å². The molecule has 0 aromatic heterocycles. The van der Waals surface area contributed by atoms with Gasteiger partial charge in [-0.15, -0.1) is 0 Å². The zero-order valence-corrected chi connectivity index (χ0v) is 12.9. The minimum absolute atomic E-state index is 0.0395. The van der Waals surface area contributed by atoms with Gasteiger partial charge in [-0.05, 0) is 36.8 Å². The highest BCUT2D eigenvalue weighted by Crippen LogP contribution is 2.12. The van der Waals surface area contributed by atoms with Crippen molar-refractivity contribution in [3.8, 4) is 5.75 Å². The second-order valence-corrected chi connectivity index (χ2v) is 5.04. The maximum absolute atomic E-state index is 11.5. The van der Waals surface area contributed by atoms with E-state index in [2.05, 4.69) is 0 Å². The van der Waals surface area contributed by atoms with Crippen molar-refractivity contribution < 1.29 is 19.1 Å². The molecule has 0 spiro atoms. The lowest BCUT2D eigenvalue weighted by molar-refractivity contribution is -0.137. The molecule has 0 aliphatic carbocycles. The fourth-order valence-electron chi connectivity index (χ4n) is 1.40. The number of carbonyl (C=O) groups excluding carboxylic acids is 2. The number of hydrogen-bond acceptors (Lipinski definition) is 5. The number of carbonyl (C=O) groups is 2. The summed E-state index contributed by atoms with van der Waals surface area (Å²) in [6, 6.07) is 7.31. The summed E-state index contributed by atoms with van der Waals surface area (Å²) in [4.78, 5) is 22.6. The number of benzene rings is 1. The molecule has 112 valence electrons. The number of hydrogen-bond donors (Lipinski definition) is 0. The lowest BCUT2D eigenvalue weighted by Gasteiger charge is -2.01. The van der Waals surface area contributed by atoms with Crippen LogP contribution in [0.1, 0.15) is 12.5 Å². The lowest BCUT2D eigenvalue weighted by atomic mass is 10.2. The Morgan fingerprint density at radius 1 is 1.19 bits per heavy atom. The largest absolute Gasteiger partial charge is 0.497 e. The fourth-order valence-corrected chi connectivity index (χ4v) is 2.00. The lowest BCUT2D eigenvalue weighted by Crippen LogP contribution is -2.05. The third-order valence-corrected chi connectivity index (χ3v) is 3.19. The quantitative estimate of drug-likeness (QED) is 0.440. The Balaban J connectivity index is 2.29. The van der Waals surface area contributed by atoms with Gasteiger partial charge in [0.05, 0.1) is 7.11 Å². The minimum Gasteiger partial charge on any atom is -0.497 e. The van der Waals surface area contributed by atoms with Crippen LogP contribution in [-0.2, 0) is 14.3 Å². The molecule has 4 nitrogen and oxygen atoms in total. The summed E-state index contributed by atoms with van der Waals surface area (Å²) < 4.78 is 10.0. The number of methoxy groups -OCH3 is 1. The molecule has 0 N–H and O–H groups in total. The standard InChI is InChI=1S/C16H18O4S/c1-3-4-16(18)21-12-11-20-15(17)10-7-13-5-8-14(19-2)9-6-13/h3-10H,11-12H2,1-2H3/b4-3+,10-7?. The molecule has 0 aliphatic heterocycles. The van der Waals surface area contributed by atoms with Crippen LogP contribution in [-0.4, -0.2) is 30.6 Å². The average molecular weight is 306 g/mol. The van der Waals surface area contributed by atoms with Crippen LogP contribution >= 0.6 is 11.8 Å². The van der Waals surface area contributed by atoms with E-state index >= 15 is 0 Å². The van der Waals surface area contributed by atoms with Gasteiger partial charge in [-0.3, -0.25) is 4.79 Å². The first-order valence-corrected chi connectivity index (χ1v) is 7.42. The maximum Gasteiger partial charge on any atom is 0.330 e. The Kier molecular flexibility index (Phi) is 7.97. The van der Waals surface area contributed by atoms with Crippen molar-refractivity contribution >= 4 is 28.9 Å². The summed E-state index contributed by atoms with van der Waals surface area (Å²) in [6.45, 7) is 1.99. The van der Waals surface area contributed by atoms with Crippen molar-refractivity contribution in [2.45, 2.75) is 6.92 Å². The zero-order chi connectivity index (χ0) is 15.5. The summed E-state index contributed by atoms with van der Waals surface area (Å²) in [5.41, 5.74) is 0.880. The van der Waals surface area contributed by atoms with Crippen LogP contribution in [0, 0.1) is 0 Å². The third-order valence-electron chi connectivity index (χ3n) is 2.40. The third kappa shape index (κ3) is 7.37. The van der Waals surface area contributed by atoms with Gasteiger partial charge in [0.25, 0.3) is 0 Å². The highest BCUT2D eigenvalue weighted by atomic mass is 32.2. The van der Waals surface area contributed by atoms with Crippen molar-refractivity contribution in [1.82, 2.24) is 0 Å². The van der Waals surface area contributed by atoms with E-state index in [1.807, 2.05) is 24.3 Å². The van der Waals surface area contributed by atoms with E-state index in [0.717, 1.165) is 23.1 Å². The normalized spacial score (nSPS) is 11.0. The first kappa shape index (κ1) is 17.0. The maximum atomic E-state index is 11.5. The molecule has 21 heavy (non-hydrogen) atoms. The summed E-state index contributed by atoms with van der Waals surface area (Å²) in [7, 11) is 1.60. The van der Waals surface area contributed by atoms with E-state index in [4.69, 9.17) is 9.47 Å². The summed E-state index contributed by atoms with van der Waals surface area (Å²) >= 11 is 1.12. The zero-order valence-electron chi connectivity index (χ0n) is 12.1. The van der Waals surface area contributed by atoms with Gasteiger partial charge in [-0.2, -0.15) is 0 Å². The Bertz CT molecular complexity index is 518. The van der Waals surface area contributed by atoms with Crippen LogP contribution in [0.4, 0.5) is 0 Å². The SMILES string of the molecule is C/C=C/C(=O)SCCOC(=O)C=Cc1ccc(OC)cc1. The monoisotopic (exact) mass is 306 g/mol. The average Bonchev–Trinajstić information content (AvgIpc) is 2.50. The van der Waals surface area contributed by atoms with Gasteiger partial charge < -0.3 is 9.47 Å². The molecule has 0 fully saturated rings. The van der Waals surface area contributed by atoms with E-state index in [1.165, 1.54) is 12.2 Å². The van der Waals surface area contributed by atoms with Gasteiger partial charge in [-0.1, -0.05) is 30.0 Å². The van der Waals surface area contributed by atoms with Gasteiger partial charge in [-0.25, -0.2) is 4.79 Å². The number of thioether (sulfide) groups is 1. The Hall–Kier alpha value is -2.01. The molecule has 0 heterocycles. The first-order valence-electron chi connectivity index (χ1n) is 6.44. The highest BCUT2D eigenvalue weighted by Gasteiger charge is 2.00. The van der Waals surface area contributed by atoms with Crippen molar-refractivity contribution in [3.05, 3.63) is 48.1 Å². The van der Waals surface area contributed by atoms with E-state index in [0.29, 0.717) is 5.75 Å². The van der Waals surface area contributed by atoms with Gasteiger partial charge in [0.1, 0.15) is 12.4 Å². The first-order chi connectivity index (χ1) is 10.2. The minimum atomic E-state index is -0.426. The van der Waals surface area contributed by atoms with Gasteiger partial charge >= 0.3 is 5.97 Å². The van der Waals surface area contributed by atoms with E-state index in [1.54, 1.807) is 26.2 Å². The van der Waals surface area contributed by atoms with Crippen molar-refractivity contribution in [2.24, 2.45) is 0 Å². The summed E-state index contributed by atoms with van der Waals surface area (Å²) in [5.74, 6) is 0.785. The molecule has 1 aromatic rings. The number of ether oxygens (including phenoxy) is 2. The molecular weight excluding hydrogens is 288 g/mol. The Labute approximate surface area is 128 Å². The molecular formula is C16H18O4S. The second-order valence-electron chi connectivity index (χ2n) is 3.94. The molecule has 1 aromatic carbocycles. The van der Waals surface area contributed by atoms with E-state index in [9.17, 15) is 9.59 Å². The van der Waals surface area contributed by atoms with Gasteiger partial charge in [0, 0.05) is 11.8 Å². The molecule has 0 bridgehead atoms. The van der Waals surface area contributed by atoms with Crippen LogP contribution in [0.25, 0.3) is 6.08 Å². The van der Waals surface area contributed by atoms with Gasteiger partial charge in [0.2, 0.25) is 5.12 Å². The number of allylic oxidation sites excluding steroid dienone is 1. The molecule has 0 atom stereocenters. The molecule has 0 saturated heterocycles. The van der Waals surface area contributed by atoms with Crippen LogP contribution in [0.2, 0.25) is 0 Å². The number of rotatable bonds is 7. The van der Waals surface area contributed by atoms with Crippen LogP contribution < -0.4 is 4.74 Å². The molecule has 0 radical (unpaired) electrons. The van der Waals surface area contributed by atoms with Crippen LogP contribution in [0.5, 0.6) is 5.75 Å². The molecule has 5 heteroatoms. The Morgan fingerprint density at radius 2 is 1.90 bits per heavy atom. The summed E-state index contributed by atoms with van der Waals surface area (Å²) in [5, 5.41) is -0.0395. The van der Waals surface area contributed by atoms with Crippen molar-refractivity contribution in [1.29, 1.82) is 0 Å². The van der Waals surface area contributed by atoms with Crippen LogP contribution in [0.15, 0.2) is 42.5 Å². The summed E-state index contributed by atoms with van der Waals surface area (Å²) in [6.07, 6.45) is 6.19. The smallest absolute Gasteiger partial charge is 0.330 e. The predicted octanol–water partition coefficient (Wildman–Crippen LogP) is 3.09. The molecule has 1 rings (SSSR count). The van der Waals surface area contributed by atoms with Crippen LogP contribution in [0.3, 0.4) is 0 Å². The second kappa shape index (κ2) is 9.83. The predicted molar refractivity (Wildman–Crippen MR) is 85.3 cm³/mol. The Morgan fingerprint density at radius 3 is 2.52 bits per heavy atom. The number of esters is 1. The van der Waals surface area contributed by atoms with Crippen molar-refractivity contribution in [2.75, 3.05) is 19.5 Å². The van der Waals surface area contributed by atoms with Gasteiger partial charge in [0.15, 0.2) is 0 Å². The molecule has 0 unspecified atom stereocenters. The van der Waals surface area contributed by atoms with E-state index in [-0.39, 0.29) is 11.7 Å². The molecule has 0 aliphatic rings. The highest BCUT2D eigenvalue weighted by molar-refractivity contribution is 8.14. The molecule has 0 saturated carbocycles. The topological polar surface area (TPSA) is 52.6 Å². The van der Waals surface area contributed by atoms with Crippen molar-refractivity contribution in [3.63, 3.8) is 0 Å².